The molecule has 2 aromatic rings. The fourth-order valence-electron chi connectivity index (χ4n) is 1.50. The smallest absolute Gasteiger partial charge is 0.356 e. The van der Waals surface area contributed by atoms with Gasteiger partial charge in [0.1, 0.15) is 0 Å². The van der Waals surface area contributed by atoms with E-state index in [-0.39, 0.29) is 18.8 Å². The number of carbonyl (C=O) groups is 1. The van der Waals surface area contributed by atoms with E-state index in [1.54, 1.807) is 12.4 Å². The van der Waals surface area contributed by atoms with Crippen molar-refractivity contribution in [2.24, 2.45) is 0 Å². The number of aromatic nitrogens is 3. The Balaban J connectivity index is 2.46. The molecule has 3 N–H and O–H groups in total. The first kappa shape index (κ1) is 10.4. The maximum absolute atomic E-state index is 10.8. The Morgan fingerprint density at radius 3 is 2.94 bits per heavy atom. The number of nitrogens with one attached hydrogen (secondary N) is 1. The second-order valence-electron chi connectivity index (χ2n) is 3.27. The summed E-state index contributed by atoms with van der Waals surface area (Å²) in [4.78, 5) is 13.7. The van der Waals surface area contributed by atoms with Crippen LogP contribution in [-0.4, -0.2) is 37.6 Å². The summed E-state index contributed by atoms with van der Waals surface area (Å²) in [6.07, 6.45) is 3.49. The zero-order valence-electron chi connectivity index (χ0n) is 8.42. The Bertz CT molecular complexity index is 487. The molecule has 0 amide bonds. The van der Waals surface area contributed by atoms with Crippen LogP contribution in [0.15, 0.2) is 24.5 Å². The van der Waals surface area contributed by atoms with Crippen LogP contribution in [0.25, 0.3) is 11.3 Å². The second kappa shape index (κ2) is 4.19. The molecule has 2 aromatic heterocycles. The Labute approximate surface area is 91.1 Å². The summed E-state index contributed by atoms with van der Waals surface area (Å²) in [6.45, 7) is 0.186. The van der Waals surface area contributed by atoms with Crippen molar-refractivity contribution < 1.29 is 15.0 Å². The van der Waals surface area contributed by atoms with Gasteiger partial charge in [0, 0.05) is 18.0 Å². The molecule has 0 aliphatic rings. The number of carboxylic acids is 1. The van der Waals surface area contributed by atoms with Crippen LogP contribution in [0.3, 0.4) is 0 Å². The van der Waals surface area contributed by atoms with Gasteiger partial charge in [0.2, 0.25) is 0 Å². The molecule has 0 radical (unpaired) electrons. The third-order valence-corrected chi connectivity index (χ3v) is 2.20. The van der Waals surface area contributed by atoms with E-state index < -0.39 is 5.97 Å². The molecule has 6 nitrogen and oxygen atoms in total. The van der Waals surface area contributed by atoms with Gasteiger partial charge in [-0.2, -0.15) is 5.10 Å². The van der Waals surface area contributed by atoms with Gasteiger partial charge in [-0.15, -0.1) is 0 Å². The number of aliphatic hydroxyl groups excluding tert-OH is 1. The quantitative estimate of drug-likeness (QED) is 0.703. The van der Waals surface area contributed by atoms with Gasteiger partial charge in [-0.25, -0.2) is 4.79 Å². The standard InChI is InChI=1S/C10H11N3O3/c14-4-3-13-9(7-1-2-11-6-7)5-8(12-13)10(15)16/h1-2,5-6,11,14H,3-4H2,(H,15,16). The minimum absolute atomic E-state index is 0.0235. The average Bonchev–Trinajstić information content (AvgIpc) is 2.84. The molecule has 2 rings (SSSR count). The van der Waals surface area contributed by atoms with E-state index in [9.17, 15) is 4.79 Å². The second-order valence-corrected chi connectivity index (χ2v) is 3.27. The van der Waals surface area contributed by atoms with Crippen molar-refractivity contribution in [3.8, 4) is 11.3 Å². The van der Waals surface area contributed by atoms with E-state index in [1.165, 1.54) is 10.7 Å². The van der Waals surface area contributed by atoms with Crippen molar-refractivity contribution in [2.75, 3.05) is 6.61 Å². The van der Waals surface area contributed by atoms with Gasteiger partial charge in [0.25, 0.3) is 0 Å². The van der Waals surface area contributed by atoms with Gasteiger partial charge in [-0.05, 0) is 12.1 Å². The highest BCUT2D eigenvalue weighted by molar-refractivity contribution is 5.86. The fourth-order valence-corrected chi connectivity index (χ4v) is 1.50. The van der Waals surface area contributed by atoms with Crippen molar-refractivity contribution in [2.45, 2.75) is 6.54 Å². The van der Waals surface area contributed by atoms with Crippen LogP contribution in [0.2, 0.25) is 0 Å². The largest absolute Gasteiger partial charge is 0.476 e. The van der Waals surface area contributed by atoms with Crippen molar-refractivity contribution >= 4 is 5.97 Å². The van der Waals surface area contributed by atoms with Crippen LogP contribution < -0.4 is 0 Å². The molecule has 0 unspecified atom stereocenters. The van der Waals surface area contributed by atoms with Gasteiger partial charge in [0.15, 0.2) is 5.69 Å². The average molecular weight is 221 g/mol. The zero-order valence-corrected chi connectivity index (χ0v) is 8.42. The van der Waals surface area contributed by atoms with Crippen molar-refractivity contribution in [3.05, 3.63) is 30.2 Å². The maximum Gasteiger partial charge on any atom is 0.356 e. The zero-order chi connectivity index (χ0) is 11.5. The number of aromatic carboxylic acids is 1. The Hall–Kier alpha value is -2.08. The molecule has 84 valence electrons. The number of nitrogens with zero attached hydrogens (tertiary/aromatic N) is 2. The summed E-state index contributed by atoms with van der Waals surface area (Å²) in [5, 5.41) is 21.6. The Morgan fingerprint density at radius 2 is 2.38 bits per heavy atom. The number of hydrogen-bond acceptors (Lipinski definition) is 3. The molecule has 0 aromatic carbocycles. The molecule has 0 aliphatic carbocycles. The molecule has 0 saturated heterocycles. The van der Waals surface area contributed by atoms with E-state index in [1.807, 2.05) is 6.07 Å². The van der Waals surface area contributed by atoms with Crippen molar-refractivity contribution in [1.82, 2.24) is 14.8 Å². The monoisotopic (exact) mass is 221 g/mol. The van der Waals surface area contributed by atoms with Crippen LogP contribution in [0.5, 0.6) is 0 Å². The predicted molar refractivity (Wildman–Crippen MR) is 56.1 cm³/mol. The Kier molecular flexibility index (Phi) is 2.74. The lowest BCUT2D eigenvalue weighted by atomic mass is 10.2. The van der Waals surface area contributed by atoms with Gasteiger partial charge < -0.3 is 15.2 Å². The van der Waals surface area contributed by atoms with Gasteiger partial charge in [-0.3, -0.25) is 4.68 Å². The van der Waals surface area contributed by atoms with E-state index in [0.29, 0.717) is 5.69 Å². The van der Waals surface area contributed by atoms with E-state index in [4.69, 9.17) is 10.2 Å². The van der Waals surface area contributed by atoms with Crippen molar-refractivity contribution in [3.63, 3.8) is 0 Å². The van der Waals surface area contributed by atoms with Crippen molar-refractivity contribution in [1.29, 1.82) is 0 Å². The fraction of sp³-hybridized carbons (Fsp3) is 0.200. The summed E-state index contributed by atoms with van der Waals surface area (Å²) >= 11 is 0. The number of hydrogen-bond donors (Lipinski definition) is 3. The number of rotatable bonds is 4. The molecule has 0 bridgehead atoms. The third kappa shape index (κ3) is 1.82. The van der Waals surface area contributed by atoms with Gasteiger partial charge in [0.05, 0.1) is 18.8 Å². The lowest BCUT2D eigenvalue weighted by Crippen LogP contribution is -2.07. The minimum Gasteiger partial charge on any atom is -0.476 e. The summed E-state index contributed by atoms with van der Waals surface area (Å²) in [5.74, 6) is -1.08. The number of aromatic amines is 1. The molecule has 0 fully saturated rings. The molecular formula is C10H11N3O3. The molecule has 0 saturated carbocycles. The predicted octanol–water partition coefficient (Wildman–Crippen LogP) is 0.569. The summed E-state index contributed by atoms with van der Waals surface area (Å²) in [7, 11) is 0. The summed E-state index contributed by atoms with van der Waals surface area (Å²) < 4.78 is 1.48. The van der Waals surface area contributed by atoms with E-state index in [0.717, 1.165) is 5.56 Å². The highest BCUT2D eigenvalue weighted by Crippen LogP contribution is 2.19. The lowest BCUT2D eigenvalue weighted by molar-refractivity contribution is 0.0689. The van der Waals surface area contributed by atoms with Crippen LogP contribution >= 0.6 is 0 Å². The first-order chi connectivity index (χ1) is 7.72. The normalized spacial score (nSPS) is 10.6. The summed E-state index contributed by atoms with van der Waals surface area (Å²) in [6, 6.07) is 3.30. The number of carboxylic acid groups (broad SMARTS) is 1. The van der Waals surface area contributed by atoms with Crippen LogP contribution in [0.1, 0.15) is 10.5 Å². The molecule has 0 atom stereocenters. The Morgan fingerprint density at radius 1 is 1.56 bits per heavy atom. The minimum atomic E-state index is -1.08. The van der Waals surface area contributed by atoms with Gasteiger partial charge >= 0.3 is 5.97 Å². The molecule has 0 aliphatic heterocycles. The van der Waals surface area contributed by atoms with Gasteiger partial charge in [-0.1, -0.05) is 0 Å². The lowest BCUT2D eigenvalue weighted by Gasteiger charge is -2.02. The molecule has 6 heteroatoms. The molecular weight excluding hydrogens is 210 g/mol. The van der Waals surface area contributed by atoms with Crippen LogP contribution in [0.4, 0.5) is 0 Å². The van der Waals surface area contributed by atoms with E-state index >= 15 is 0 Å². The summed E-state index contributed by atoms with van der Waals surface area (Å²) in [5.41, 5.74) is 1.49. The first-order valence-electron chi connectivity index (χ1n) is 4.77. The highest BCUT2D eigenvalue weighted by atomic mass is 16.4. The number of H-pyrrole nitrogens is 1. The molecule has 2 heterocycles. The topological polar surface area (TPSA) is 91.1 Å². The number of aliphatic hydroxyl groups is 1. The highest BCUT2D eigenvalue weighted by Gasteiger charge is 2.14. The SMILES string of the molecule is O=C(O)c1cc(-c2cc[nH]c2)n(CCO)n1. The maximum atomic E-state index is 10.8. The van der Waals surface area contributed by atoms with Crippen LogP contribution in [0, 0.1) is 0 Å². The first-order valence-corrected chi connectivity index (χ1v) is 4.77. The van der Waals surface area contributed by atoms with Crippen LogP contribution in [-0.2, 0) is 6.54 Å². The molecule has 16 heavy (non-hydrogen) atoms. The molecule has 0 spiro atoms. The van der Waals surface area contributed by atoms with E-state index in [2.05, 4.69) is 10.1 Å². The third-order valence-electron chi connectivity index (χ3n) is 2.20.